The van der Waals surface area contributed by atoms with Crippen molar-refractivity contribution in [3.63, 3.8) is 0 Å². The third-order valence-corrected chi connectivity index (χ3v) is 3.77. The normalized spacial score (nSPS) is 10.3. The lowest BCUT2D eigenvalue weighted by molar-refractivity contribution is 0.0779. The summed E-state index contributed by atoms with van der Waals surface area (Å²) in [5.41, 5.74) is 1.37. The van der Waals surface area contributed by atoms with E-state index >= 15 is 0 Å². The van der Waals surface area contributed by atoms with E-state index in [4.69, 9.17) is 9.47 Å². The van der Waals surface area contributed by atoms with Gasteiger partial charge >= 0.3 is 0 Å². The van der Waals surface area contributed by atoms with Crippen LogP contribution in [-0.2, 0) is 6.54 Å². The van der Waals surface area contributed by atoms with Gasteiger partial charge in [0.15, 0.2) is 0 Å². The van der Waals surface area contributed by atoms with Gasteiger partial charge in [-0.3, -0.25) is 4.79 Å². The van der Waals surface area contributed by atoms with Crippen LogP contribution in [0.25, 0.3) is 0 Å². The lowest BCUT2D eigenvalue weighted by Gasteiger charge is -2.20. The maximum Gasteiger partial charge on any atom is 0.259 e. The fourth-order valence-electron chi connectivity index (χ4n) is 2.21. The van der Waals surface area contributed by atoms with E-state index in [0.29, 0.717) is 24.6 Å². The molecular formula is C17H19BrN2O3. The summed E-state index contributed by atoms with van der Waals surface area (Å²) in [5.74, 6) is 0.945. The van der Waals surface area contributed by atoms with Crippen molar-refractivity contribution in [2.24, 2.45) is 0 Å². The number of carbonyl (C=O) groups is 1. The minimum atomic E-state index is -0.149. The standard InChI is InChI=1S/C17H19BrN2O3/c1-4-23-16-14(6-5-9-19-16)17(21)20(2)11-12-10-13(18)7-8-15(12)22-3/h5-10H,4,11H2,1-3H3. The van der Waals surface area contributed by atoms with Crippen LogP contribution in [0.4, 0.5) is 0 Å². The molecule has 23 heavy (non-hydrogen) atoms. The molecule has 0 aliphatic rings. The predicted molar refractivity (Wildman–Crippen MR) is 91.9 cm³/mol. The van der Waals surface area contributed by atoms with Gasteiger partial charge in [-0.1, -0.05) is 15.9 Å². The largest absolute Gasteiger partial charge is 0.496 e. The van der Waals surface area contributed by atoms with Gasteiger partial charge in [-0.05, 0) is 37.3 Å². The van der Waals surface area contributed by atoms with E-state index in [0.717, 1.165) is 15.8 Å². The average molecular weight is 379 g/mol. The zero-order valence-electron chi connectivity index (χ0n) is 13.4. The zero-order valence-corrected chi connectivity index (χ0v) is 15.0. The zero-order chi connectivity index (χ0) is 16.8. The van der Waals surface area contributed by atoms with Gasteiger partial charge in [-0.15, -0.1) is 0 Å². The lowest BCUT2D eigenvalue weighted by Crippen LogP contribution is -2.27. The Balaban J connectivity index is 2.23. The monoisotopic (exact) mass is 378 g/mol. The van der Waals surface area contributed by atoms with Crippen LogP contribution in [0.2, 0.25) is 0 Å². The van der Waals surface area contributed by atoms with Gasteiger partial charge < -0.3 is 14.4 Å². The van der Waals surface area contributed by atoms with Gasteiger partial charge in [-0.2, -0.15) is 0 Å². The van der Waals surface area contributed by atoms with Crippen LogP contribution in [0.5, 0.6) is 11.6 Å². The Bertz CT molecular complexity index is 691. The first-order valence-electron chi connectivity index (χ1n) is 7.22. The molecule has 1 amide bonds. The number of rotatable bonds is 6. The minimum Gasteiger partial charge on any atom is -0.496 e. The molecule has 1 aromatic carbocycles. The fraction of sp³-hybridized carbons (Fsp3) is 0.294. The van der Waals surface area contributed by atoms with Crippen LogP contribution >= 0.6 is 15.9 Å². The summed E-state index contributed by atoms with van der Waals surface area (Å²) in [6, 6.07) is 9.15. The average Bonchev–Trinajstić information content (AvgIpc) is 2.55. The number of benzene rings is 1. The first kappa shape index (κ1) is 17.3. The van der Waals surface area contributed by atoms with Gasteiger partial charge in [0.25, 0.3) is 5.91 Å². The number of hydrogen-bond acceptors (Lipinski definition) is 4. The van der Waals surface area contributed by atoms with Crippen molar-refractivity contribution in [3.8, 4) is 11.6 Å². The molecule has 0 aliphatic carbocycles. The second-order valence-corrected chi connectivity index (χ2v) is 5.82. The van der Waals surface area contributed by atoms with Crippen molar-refractivity contribution in [1.82, 2.24) is 9.88 Å². The number of pyridine rings is 1. The van der Waals surface area contributed by atoms with Gasteiger partial charge in [0.05, 0.1) is 13.7 Å². The number of nitrogens with zero attached hydrogens (tertiary/aromatic N) is 2. The third kappa shape index (κ3) is 4.22. The van der Waals surface area contributed by atoms with E-state index < -0.39 is 0 Å². The van der Waals surface area contributed by atoms with Gasteiger partial charge in [-0.25, -0.2) is 4.98 Å². The summed E-state index contributed by atoms with van der Waals surface area (Å²) in [7, 11) is 3.36. The molecule has 0 fully saturated rings. The van der Waals surface area contributed by atoms with Crippen LogP contribution in [0.15, 0.2) is 41.0 Å². The summed E-state index contributed by atoms with van der Waals surface area (Å²) >= 11 is 3.44. The number of hydrogen-bond donors (Lipinski definition) is 0. The van der Waals surface area contributed by atoms with Crippen LogP contribution in [0.1, 0.15) is 22.8 Å². The van der Waals surface area contributed by atoms with Gasteiger partial charge in [0.2, 0.25) is 5.88 Å². The van der Waals surface area contributed by atoms with E-state index in [1.165, 1.54) is 0 Å². The second kappa shape index (κ2) is 7.97. The third-order valence-electron chi connectivity index (χ3n) is 3.28. The molecule has 0 radical (unpaired) electrons. The maximum absolute atomic E-state index is 12.7. The van der Waals surface area contributed by atoms with E-state index in [9.17, 15) is 4.79 Å². The predicted octanol–water partition coefficient (Wildman–Crippen LogP) is 3.52. The number of methoxy groups -OCH3 is 1. The Labute approximate surface area is 144 Å². The molecule has 0 saturated carbocycles. The molecule has 0 unspecified atom stereocenters. The highest BCUT2D eigenvalue weighted by molar-refractivity contribution is 9.10. The molecule has 6 heteroatoms. The highest BCUT2D eigenvalue weighted by atomic mass is 79.9. The SMILES string of the molecule is CCOc1ncccc1C(=O)N(C)Cc1cc(Br)ccc1OC. The molecule has 2 aromatic rings. The van der Waals surface area contributed by atoms with E-state index in [1.807, 2.05) is 25.1 Å². The molecule has 0 bridgehead atoms. The van der Waals surface area contributed by atoms with E-state index in [1.54, 1.807) is 37.4 Å². The molecule has 0 aliphatic heterocycles. The highest BCUT2D eigenvalue weighted by Gasteiger charge is 2.19. The molecule has 0 N–H and O–H groups in total. The fourth-order valence-corrected chi connectivity index (χ4v) is 2.62. The Morgan fingerprint density at radius 2 is 2.13 bits per heavy atom. The molecule has 2 rings (SSSR count). The first-order valence-corrected chi connectivity index (χ1v) is 8.01. The summed E-state index contributed by atoms with van der Waals surface area (Å²) in [6.45, 7) is 2.74. The van der Waals surface area contributed by atoms with Crippen LogP contribution in [0.3, 0.4) is 0 Å². The Morgan fingerprint density at radius 3 is 2.83 bits per heavy atom. The molecular weight excluding hydrogens is 360 g/mol. The van der Waals surface area contributed by atoms with Gasteiger partial charge in [0, 0.05) is 29.8 Å². The molecule has 5 nitrogen and oxygen atoms in total. The van der Waals surface area contributed by atoms with Gasteiger partial charge in [0.1, 0.15) is 11.3 Å². The summed E-state index contributed by atoms with van der Waals surface area (Å²) in [5, 5.41) is 0. The number of halogens is 1. The van der Waals surface area contributed by atoms with E-state index in [2.05, 4.69) is 20.9 Å². The van der Waals surface area contributed by atoms with Crippen molar-refractivity contribution in [1.29, 1.82) is 0 Å². The first-order chi connectivity index (χ1) is 11.1. The Morgan fingerprint density at radius 1 is 1.35 bits per heavy atom. The van der Waals surface area contributed by atoms with Crippen LogP contribution < -0.4 is 9.47 Å². The summed E-state index contributed by atoms with van der Waals surface area (Å²) in [6.07, 6.45) is 1.61. The smallest absolute Gasteiger partial charge is 0.259 e. The highest BCUT2D eigenvalue weighted by Crippen LogP contribution is 2.25. The molecule has 0 atom stereocenters. The molecule has 0 saturated heterocycles. The van der Waals surface area contributed by atoms with Crippen molar-refractivity contribution in [2.45, 2.75) is 13.5 Å². The molecule has 1 heterocycles. The molecule has 0 spiro atoms. The number of ether oxygens (including phenoxy) is 2. The lowest BCUT2D eigenvalue weighted by atomic mass is 10.1. The van der Waals surface area contributed by atoms with Crippen molar-refractivity contribution >= 4 is 21.8 Å². The van der Waals surface area contributed by atoms with Crippen molar-refractivity contribution < 1.29 is 14.3 Å². The quantitative estimate of drug-likeness (QED) is 0.771. The Hall–Kier alpha value is -2.08. The van der Waals surface area contributed by atoms with Crippen LogP contribution in [-0.4, -0.2) is 36.6 Å². The van der Waals surface area contributed by atoms with Crippen molar-refractivity contribution in [3.05, 3.63) is 52.1 Å². The second-order valence-electron chi connectivity index (χ2n) is 4.91. The maximum atomic E-state index is 12.7. The topological polar surface area (TPSA) is 51.7 Å². The molecule has 122 valence electrons. The van der Waals surface area contributed by atoms with Crippen molar-refractivity contribution in [2.75, 3.05) is 20.8 Å². The number of amides is 1. The summed E-state index contributed by atoms with van der Waals surface area (Å²) in [4.78, 5) is 18.4. The number of carbonyl (C=O) groups excluding carboxylic acids is 1. The van der Waals surface area contributed by atoms with Crippen LogP contribution in [0, 0.1) is 0 Å². The summed E-state index contributed by atoms with van der Waals surface area (Å²) < 4.78 is 11.7. The number of aromatic nitrogens is 1. The minimum absolute atomic E-state index is 0.149. The molecule has 1 aromatic heterocycles. The van der Waals surface area contributed by atoms with E-state index in [-0.39, 0.29) is 5.91 Å². The Kier molecular flexibility index (Phi) is 5.98.